The Labute approximate surface area is 144 Å². The molecule has 0 aliphatic rings. The molecule has 1 heterocycles. The number of thiazole rings is 1. The topological polar surface area (TPSA) is 37.5 Å². The fourth-order valence-electron chi connectivity index (χ4n) is 2.20. The quantitative estimate of drug-likeness (QED) is 0.733. The van der Waals surface area contributed by atoms with Crippen LogP contribution >= 0.6 is 11.3 Å². The van der Waals surface area contributed by atoms with Crippen molar-refractivity contribution in [1.29, 1.82) is 0 Å². The summed E-state index contributed by atoms with van der Waals surface area (Å²) in [7, 11) is 0. The molecule has 0 fully saturated rings. The van der Waals surface area contributed by atoms with Gasteiger partial charge in [0.2, 0.25) is 0 Å². The average Bonchev–Trinajstić information content (AvgIpc) is 2.93. The van der Waals surface area contributed by atoms with E-state index >= 15 is 0 Å². The van der Waals surface area contributed by atoms with Crippen molar-refractivity contribution in [2.45, 2.75) is 13.5 Å². The van der Waals surface area contributed by atoms with Gasteiger partial charge in [-0.25, -0.2) is 4.99 Å². The number of phenols is 1. The molecule has 1 N–H and O–H groups in total. The smallest absolute Gasteiger partial charge is 0.190 e. The average molecular weight is 376 g/mol. The molecule has 0 bridgehead atoms. The second-order valence-corrected chi connectivity index (χ2v) is 5.48. The Bertz CT molecular complexity index is 792. The van der Waals surface area contributed by atoms with Gasteiger partial charge in [-0.05, 0) is 36.8 Å². The molecule has 114 valence electrons. The summed E-state index contributed by atoms with van der Waals surface area (Å²) in [5.41, 5.74) is 3.22. The van der Waals surface area contributed by atoms with Crippen molar-refractivity contribution in [2.75, 3.05) is 0 Å². The minimum absolute atomic E-state index is 0. The molecule has 22 heavy (non-hydrogen) atoms. The second kappa shape index (κ2) is 7.42. The molecular weight excluding hydrogens is 360 g/mol. The zero-order chi connectivity index (χ0) is 14.7. The van der Waals surface area contributed by atoms with E-state index in [1.165, 1.54) is 11.3 Å². The molecule has 0 spiro atoms. The Morgan fingerprint density at radius 1 is 1.05 bits per heavy atom. The fourth-order valence-corrected chi connectivity index (χ4v) is 3.19. The van der Waals surface area contributed by atoms with Crippen LogP contribution in [0.3, 0.4) is 0 Å². The van der Waals surface area contributed by atoms with Crippen molar-refractivity contribution in [3.63, 3.8) is 0 Å². The molecule has 0 saturated carbocycles. The van der Waals surface area contributed by atoms with Gasteiger partial charge in [0.15, 0.2) is 4.80 Å². The number of hydrogen-bond acceptors (Lipinski definition) is 3. The summed E-state index contributed by atoms with van der Waals surface area (Å²) in [5.74, 6) is 0.258. The third kappa shape index (κ3) is 3.48. The SMILES string of the molecule is CCn1c(-c2ccccc2)csc1=Nc1ccc(O)cc1.[Br-]. The zero-order valence-electron chi connectivity index (χ0n) is 12.1. The van der Waals surface area contributed by atoms with E-state index in [0.29, 0.717) is 0 Å². The molecule has 5 heteroatoms. The van der Waals surface area contributed by atoms with Crippen LogP contribution in [0.2, 0.25) is 0 Å². The van der Waals surface area contributed by atoms with Crippen LogP contribution in [-0.4, -0.2) is 9.67 Å². The van der Waals surface area contributed by atoms with Gasteiger partial charge in [-0.2, -0.15) is 0 Å². The maximum atomic E-state index is 9.33. The first kappa shape index (κ1) is 16.5. The van der Waals surface area contributed by atoms with E-state index in [0.717, 1.165) is 17.0 Å². The van der Waals surface area contributed by atoms with E-state index in [1.54, 1.807) is 23.5 Å². The molecule has 0 aliphatic heterocycles. The van der Waals surface area contributed by atoms with Crippen LogP contribution in [-0.2, 0) is 6.54 Å². The largest absolute Gasteiger partial charge is 1.00 e. The minimum Gasteiger partial charge on any atom is -1.00 e. The van der Waals surface area contributed by atoms with Gasteiger partial charge < -0.3 is 26.7 Å². The predicted molar refractivity (Wildman–Crippen MR) is 86.7 cm³/mol. The normalized spacial score (nSPS) is 11.2. The van der Waals surface area contributed by atoms with Gasteiger partial charge in [0.05, 0.1) is 11.4 Å². The zero-order valence-corrected chi connectivity index (χ0v) is 14.5. The van der Waals surface area contributed by atoms with Crippen molar-refractivity contribution in [3.05, 3.63) is 64.8 Å². The maximum absolute atomic E-state index is 9.33. The summed E-state index contributed by atoms with van der Waals surface area (Å²) in [5, 5.41) is 11.5. The molecular formula is C17H16BrN2OS-. The Morgan fingerprint density at radius 2 is 1.73 bits per heavy atom. The van der Waals surface area contributed by atoms with Gasteiger partial charge in [-0.3, -0.25) is 0 Å². The van der Waals surface area contributed by atoms with E-state index in [9.17, 15) is 5.11 Å². The van der Waals surface area contributed by atoms with Crippen molar-refractivity contribution in [1.82, 2.24) is 4.57 Å². The molecule has 1 aromatic heterocycles. The van der Waals surface area contributed by atoms with Crippen LogP contribution in [0.15, 0.2) is 65.0 Å². The van der Waals surface area contributed by atoms with Crippen LogP contribution < -0.4 is 21.8 Å². The number of hydrogen-bond donors (Lipinski definition) is 1. The first-order valence-corrected chi connectivity index (χ1v) is 7.73. The molecule has 3 aromatic rings. The highest BCUT2D eigenvalue weighted by Gasteiger charge is 2.06. The molecule has 0 amide bonds. The highest BCUT2D eigenvalue weighted by molar-refractivity contribution is 7.07. The van der Waals surface area contributed by atoms with E-state index in [2.05, 4.69) is 34.0 Å². The summed E-state index contributed by atoms with van der Waals surface area (Å²) < 4.78 is 2.20. The van der Waals surface area contributed by atoms with Crippen molar-refractivity contribution in [3.8, 4) is 17.0 Å². The summed E-state index contributed by atoms with van der Waals surface area (Å²) >= 11 is 1.63. The summed E-state index contributed by atoms with van der Waals surface area (Å²) in [6, 6.07) is 17.3. The number of aromatic hydroxyl groups is 1. The van der Waals surface area contributed by atoms with Crippen LogP contribution in [0.4, 0.5) is 5.69 Å². The first-order valence-electron chi connectivity index (χ1n) is 6.85. The summed E-state index contributed by atoms with van der Waals surface area (Å²) in [6.07, 6.45) is 0. The molecule has 3 rings (SSSR count). The molecule has 0 aliphatic carbocycles. The lowest BCUT2D eigenvalue weighted by molar-refractivity contribution is -0.00000525. The number of halogens is 1. The Morgan fingerprint density at radius 3 is 2.36 bits per heavy atom. The highest BCUT2D eigenvalue weighted by Crippen LogP contribution is 2.21. The lowest BCUT2D eigenvalue weighted by atomic mass is 10.2. The summed E-state index contributed by atoms with van der Waals surface area (Å²) in [4.78, 5) is 5.63. The van der Waals surface area contributed by atoms with Crippen molar-refractivity contribution in [2.24, 2.45) is 4.99 Å². The Kier molecular flexibility index (Phi) is 5.57. The molecule has 0 saturated heterocycles. The number of aromatic nitrogens is 1. The first-order chi connectivity index (χ1) is 10.3. The molecule has 3 nitrogen and oxygen atoms in total. The lowest BCUT2D eigenvalue weighted by Crippen LogP contribution is -3.00. The van der Waals surface area contributed by atoms with E-state index in [4.69, 9.17) is 0 Å². The van der Waals surface area contributed by atoms with Gasteiger partial charge in [0.1, 0.15) is 5.75 Å². The monoisotopic (exact) mass is 375 g/mol. The Balaban J connectivity index is 0.00000176. The highest BCUT2D eigenvalue weighted by atomic mass is 79.9. The van der Waals surface area contributed by atoms with E-state index < -0.39 is 0 Å². The van der Waals surface area contributed by atoms with Gasteiger partial charge in [0.25, 0.3) is 0 Å². The predicted octanol–water partition coefficient (Wildman–Crippen LogP) is 1.18. The lowest BCUT2D eigenvalue weighted by Gasteiger charge is -2.05. The van der Waals surface area contributed by atoms with Gasteiger partial charge in [-0.1, -0.05) is 30.3 Å². The van der Waals surface area contributed by atoms with Crippen LogP contribution in [0.5, 0.6) is 5.75 Å². The van der Waals surface area contributed by atoms with Gasteiger partial charge >= 0.3 is 0 Å². The molecule has 2 aromatic carbocycles. The van der Waals surface area contributed by atoms with Crippen LogP contribution in [0, 0.1) is 0 Å². The van der Waals surface area contributed by atoms with Crippen LogP contribution in [0.1, 0.15) is 6.92 Å². The van der Waals surface area contributed by atoms with E-state index in [-0.39, 0.29) is 22.7 Å². The molecule has 0 atom stereocenters. The number of nitrogens with zero attached hydrogens (tertiary/aromatic N) is 2. The van der Waals surface area contributed by atoms with Gasteiger partial charge in [0, 0.05) is 11.9 Å². The minimum atomic E-state index is 0. The fraction of sp³-hybridized carbons (Fsp3) is 0.118. The standard InChI is InChI=1S/C17H16N2OS.BrH/c1-2-19-16(13-6-4-3-5-7-13)12-21-17(19)18-14-8-10-15(20)11-9-14;/h3-12,20H,2H2,1H3;1H/p-1. The molecule has 0 radical (unpaired) electrons. The third-order valence-electron chi connectivity index (χ3n) is 3.26. The maximum Gasteiger partial charge on any atom is 0.190 e. The van der Waals surface area contributed by atoms with Crippen molar-refractivity contribution >= 4 is 17.0 Å². The number of rotatable bonds is 3. The third-order valence-corrected chi connectivity index (χ3v) is 4.12. The van der Waals surface area contributed by atoms with Crippen molar-refractivity contribution < 1.29 is 22.1 Å². The van der Waals surface area contributed by atoms with Crippen LogP contribution in [0.25, 0.3) is 11.3 Å². The van der Waals surface area contributed by atoms with Gasteiger partial charge in [-0.15, -0.1) is 11.3 Å². The summed E-state index contributed by atoms with van der Waals surface area (Å²) in [6.45, 7) is 2.99. The molecule has 0 unspecified atom stereocenters. The second-order valence-electron chi connectivity index (χ2n) is 4.64. The number of benzene rings is 2. The Hall–Kier alpha value is -1.85. The number of phenolic OH excluding ortho intramolecular Hbond substituents is 1. The van der Waals surface area contributed by atoms with E-state index in [1.807, 2.05) is 30.3 Å².